The Labute approximate surface area is 238 Å². The number of phenolic OH excluding ortho intramolecular Hbond substituents is 2. The lowest BCUT2D eigenvalue weighted by atomic mass is 9.95. The number of aliphatic hydroxyl groups excluding tert-OH is 1. The highest BCUT2D eigenvalue weighted by Gasteiger charge is 2.32. The fourth-order valence-electron chi connectivity index (χ4n) is 4.75. The van der Waals surface area contributed by atoms with E-state index in [9.17, 15) is 29.7 Å². The summed E-state index contributed by atoms with van der Waals surface area (Å²) in [6.45, 7) is 0.254. The summed E-state index contributed by atoms with van der Waals surface area (Å²) in [5.74, 6) is -1.93. The van der Waals surface area contributed by atoms with Gasteiger partial charge in [0.1, 0.15) is 23.6 Å². The molecule has 13 N–H and O–H groups in total. The van der Waals surface area contributed by atoms with Crippen LogP contribution in [0.3, 0.4) is 0 Å². The lowest BCUT2D eigenvalue weighted by Gasteiger charge is -2.30. The Morgan fingerprint density at radius 1 is 0.927 bits per heavy atom. The Hall–Kier alpha value is -3.75. The number of hydrogen-bond donors (Lipinski definition) is 9. The molecule has 0 aromatic heterocycles. The number of carbonyl (C=O) groups excluding carboxylic acids is 3. The minimum Gasteiger partial charge on any atom is -0.508 e. The average Bonchev–Trinajstić information content (AvgIpc) is 2.95. The van der Waals surface area contributed by atoms with Crippen LogP contribution in [0.4, 0.5) is 0 Å². The molecule has 41 heavy (non-hydrogen) atoms. The average molecular weight is 572 g/mol. The molecule has 3 rings (SSSR count). The molecule has 1 aliphatic rings. The first-order chi connectivity index (χ1) is 19.6. The lowest BCUT2D eigenvalue weighted by molar-refractivity contribution is -0.138. The monoisotopic (exact) mass is 571 g/mol. The Morgan fingerprint density at radius 2 is 1.54 bits per heavy atom. The van der Waals surface area contributed by atoms with E-state index in [0.717, 1.165) is 0 Å². The summed E-state index contributed by atoms with van der Waals surface area (Å²) in [6.07, 6.45) is -0.532. The topological polar surface area (TPSA) is 243 Å². The molecule has 0 aliphatic carbocycles. The molecular formula is C28H41N7O6. The van der Waals surface area contributed by atoms with Crippen molar-refractivity contribution >= 4 is 17.7 Å². The second-order valence-electron chi connectivity index (χ2n) is 10.2. The summed E-state index contributed by atoms with van der Waals surface area (Å²) >= 11 is 0. The number of benzene rings is 2. The number of nitrogens with zero attached hydrogens (tertiary/aromatic N) is 1. The van der Waals surface area contributed by atoms with Crippen LogP contribution in [0.15, 0.2) is 36.4 Å². The summed E-state index contributed by atoms with van der Waals surface area (Å²) in [5, 5.41) is 36.7. The fourth-order valence-corrected chi connectivity index (χ4v) is 4.75. The van der Waals surface area contributed by atoms with Crippen LogP contribution >= 0.6 is 0 Å². The van der Waals surface area contributed by atoms with E-state index in [0.29, 0.717) is 28.7 Å². The molecule has 1 heterocycles. The Kier molecular flexibility index (Phi) is 11.4. The van der Waals surface area contributed by atoms with Gasteiger partial charge in [-0.25, -0.2) is 0 Å². The number of aliphatic hydroxyl groups is 1. The van der Waals surface area contributed by atoms with Gasteiger partial charge < -0.3 is 53.8 Å². The Bertz CT molecular complexity index is 1230. The number of nitrogens with two attached hydrogens (primary N) is 4. The van der Waals surface area contributed by atoms with Crippen LogP contribution in [-0.4, -0.2) is 94.9 Å². The van der Waals surface area contributed by atoms with Gasteiger partial charge in [-0.3, -0.25) is 14.4 Å². The van der Waals surface area contributed by atoms with E-state index in [1.807, 2.05) is 0 Å². The van der Waals surface area contributed by atoms with Gasteiger partial charge in [0.2, 0.25) is 17.7 Å². The van der Waals surface area contributed by atoms with Crippen molar-refractivity contribution in [1.29, 1.82) is 0 Å². The van der Waals surface area contributed by atoms with Crippen molar-refractivity contribution in [3.05, 3.63) is 47.5 Å². The highest BCUT2D eigenvalue weighted by Crippen LogP contribution is 2.31. The highest BCUT2D eigenvalue weighted by molar-refractivity contribution is 5.93. The summed E-state index contributed by atoms with van der Waals surface area (Å²) in [7, 11) is 0. The zero-order valence-corrected chi connectivity index (χ0v) is 23.0. The Morgan fingerprint density at radius 3 is 2.10 bits per heavy atom. The van der Waals surface area contributed by atoms with Crippen molar-refractivity contribution in [3.8, 4) is 22.6 Å². The normalized spacial score (nSPS) is 20.3. The van der Waals surface area contributed by atoms with Gasteiger partial charge in [-0.1, -0.05) is 12.1 Å². The van der Waals surface area contributed by atoms with Crippen LogP contribution in [0, 0.1) is 0 Å². The van der Waals surface area contributed by atoms with Crippen molar-refractivity contribution in [2.75, 3.05) is 32.7 Å². The summed E-state index contributed by atoms with van der Waals surface area (Å²) in [6, 6.07) is 6.40. The number of fused-ring (bicyclic) bond motifs is 5. The predicted octanol–water partition coefficient (Wildman–Crippen LogP) is -1.99. The molecule has 13 heteroatoms. The molecule has 2 aromatic rings. The van der Waals surface area contributed by atoms with E-state index < -0.39 is 42.0 Å². The molecule has 0 radical (unpaired) electrons. The smallest absolute Gasteiger partial charge is 0.245 e. The number of nitrogens with one attached hydrogen (secondary N) is 2. The van der Waals surface area contributed by atoms with Gasteiger partial charge in [0.25, 0.3) is 0 Å². The quantitative estimate of drug-likeness (QED) is 0.160. The van der Waals surface area contributed by atoms with Gasteiger partial charge in [0.05, 0.1) is 12.1 Å². The van der Waals surface area contributed by atoms with Crippen LogP contribution in [0.5, 0.6) is 11.5 Å². The fraction of sp³-hybridized carbons (Fsp3) is 0.464. The number of rotatable bonds is 9. The minimum atomic E-state index is -1.19. The molecule has 3 amide bonds. The van der Waals surface area contributed by atoms with E-state index in [4.69, 9.17) is 22.9 Å². The van der Waals surface area contributed by atoms with Gasteiger partial charge >= 0.3 is 0 Å². The van der Waals surface area contributed by atoms with Gasteiger partial charge in [-0.05, 0) is 65.9 Å². The molecule has 2 aromatic carbocycles. The summed E-state index contributed by atoms with van der Waals surface area (Å²) < 4.78 is 0. The van der Waals surface area contributed by atoms with E-state index >= 15 is 0 Å². The molecule has 0 spiro atoms. The summed E-state index contributed by atoms with van der Waals surface area (Å²) in [5.41, 5.74) is 25.3. The molecule has 1 aliphatic heterocycles. The predicted molar refractivity (Wildman–Crippen MR) is 153 cm³/mol. The first-order valence-corrected chi connectivity index (χ1v) is 13.6. The number of hydrogen-bond acceptors (Lipinski definition) is 10. The molecule has 0 saturated heterocycles. The van der Waals surface area contributed by atoms with Crippen LogP contribution < -0.4 is 33.6 Å². The van der Waals surface area contributed by atoms with Gasteiger partial charge in [-0.15, -0.1) is 0 Å². The molecule has 4 atom stereocenters. The molecular weight excluding hydrogens is 530 g/mol. The molecule has 1 unspecified atom stereocenters. The lowest BCUT2D eigenvalue weighted by Crippen LogP contribution is -2.58. The zero-order chi connectivity index (χ0) is 30.1. The number of phenols is 2. The van der Waals surface area contributed by atoms with Crippen LogP contribution in [0.25, 0.3) is 11.1 Å². The van der Waals surface area contributed by atoms with E-state index in [-0.39, 0.29) is 63.5 Å². The second-order valence-corrected chi connectivity index (χ2v) is 10.2. The van der Waals surface area contributed by atoms with Crippen molar-refractivity contribution in [2.24, 2.45) is 22.9 Å². The first-order valence-electron chi connectivity index (χ1n) is 13.6. The van der Waals surface area contributed by atoms with Crippen molar-refractivity contribution in [3.63, 3.8) is 0 Å². The molecule has 4 bridgehead atoms. The maximum absolute atomic E-state index is 13.8. The molecule has 13 nitrogen and oxygen atoms in total. The molecule has 0 saturated carbocycles. The zero-order valence-electron chi connectivity index (χ0n) is 23.0. The van der Waals surface area contributed by atoms with Crippen molar-refractivity contribution in [2.45, 2.75) is 49.9 Å². The molecule has 0 fully saturated rings. The van der Waals surface area contributed by atoms with Crippen LogP contribution in [0.1, 0.15) is 24.0 Å². The largest absolute Gasteiger partial charge is 0.508 e. The van der Waals surface area contributed by atoms with Crippen LogP contribution in [0.2, 0.25) is 0 Å². The summed E-state index contributed by atoms with van der Waals surface area (Å²) in [4.78, 5) is 41.7. The third kappa shape index (κ3) is 8.38. The SMILES string of the molecule is NCCC[C@@H]1NC(=O)[C@H](N)Cc2cc(ccc2O)-c2ccc(O)c(c2)C[C@H](C(=O)N(CCN)CC(O)CN)NC1=O. The number of carbonyl (C=O) groups is 3. The Balaban J connectivity index is 2.12. The standard InChI is InChI=1S/C28H41N7O6/c29-7-1-2-22-27(40)34-23(28(41)35(9-8-30)15-20(36)14-31)13-19-11-17(4-6-25(19)38)16-3-5-24(37)18(10-16)12-21(32)26(39)33-22/h3-6,10-11,20-23,36-38H,1-2,7-9,12-15,29-32H2,(H,33,39)(H,34,40)/t20?,21-,22+,23-/m1/s1. The molecule has 224 valence electrons. The van der Waals surface area contributed by atoms with Gasteiger partial charge in [0.15, 0.2) is 0 Å². The number of aromatic hydroxyl groups is 2. The van der Waals surface area contributed by atoms with E-state index in [1.165, 1.54) is 17.0 Å². The maximum atomic E-state index is 13.8. The minimum absolute atomic E-state index is 0.000302. The van der Waals surface area contributed by atoms with Crippen molar-refractivity contribution in [1.82, 2.24) is 15.5 Å². The number of amides is 3. The third-order valence-electron chi connectivity index (χ3n) is 7.05. The van der Waals surface area contributed by atoms with E-state index in [1.54, 1.807) is 24.3 Å². The van der Waals surface area contributed by atoms with Crippen molar-refractivity contribution < 1.29 is 29.7 Å². The maximum Gasteiger partial charge on any atom is 0.245 e. The van der Waals surface area contributed by atoms with E-state index in [2.05, 4.69) is 10.6 Å². The van der Waals surface area contributed by atoms with Crippen LogP contribution in [-0.2, 0) is 27.2 Å². The first kappa shape index (κ1) is 31.8. The third-order valence-corrected chi connectivity index (χ3v) is 7.05. The highest BCUT2D eigenvalue weighted by atomic mass is 16.3. The van der Waals surface area contributed by atoms with Gasteiger partial charge in [0, 0.05) is 39.0 Å². The van der Waals surface area contributed by atoms with Gasteiger partial charge in [-0.2, -0.15) is 0 Å². The second kappa shape index (κ2) is 14.8.